The van der Waals surface area contributed by atoms with Crippen molar-refractivity contribution in [1.29, 1.82) is 0 Å². The van der Waals surface area contributed by atoms with Crippen LogP contribution in [0.2, 0.25) is 0 Å². The summed E-state index contributed by atoms with van der Waals surface area (Å²) >= 11 is 0. The third-order valence-corrected chi connectivity index (χ3v) is 3.81. The quantitative estimate of drug-likeness (QED) is 0.548. The molecule has 0 bridgehead atoms. The standard InChI is InChI=1S/C21H18N2O3/c1-26-17-12-13-18(19(24)14-17)21(25)23-22-20(15-8-4-2-5-9-15)16-10-6-3-7-11-16/h2-14,24H,1H3,(H,23,25). The molecule has 0 heterocycles. The van der Waals surface area contributed by atoms with E-state index in [4.69, 9.17) is 4.74 Å². The van der Waals surface area contributed by atoms with Crippen molar-refractivity contribution in [2.75, 3.05) is 7.11 Å². The zero-order valence-corrected chi connectivity index (χ0v) is 14.2. The summed E-state index contributed by atoms with van der Waals surface area (Å²) in [6.45, 7) is 0. The summed E-state index contributed by atoms with van der Waals surface area (Å²) in [5, 5.41) is 14.3. The molecule has 0 aliphatic heterocycles. The topological polar surface area (TPSA) is 70.9 Å². The van der Waals surface area contributed by atoms with E-state index < -0.39 is 5.91 Å². The molecule has 5 heteroatoms. The lowest BCUT2D eigenvalue weighted by molar-refractivity contribution is 0.0952. The Morgan fingerprint density at radius 2 is 1.50 bits per heavy atom. The van der Waals surface area contributed by atoms with Crippen molar-refractivity contribution in [3.63, 3.8) is 0 Å². The van der Waals surface area contributed by atoms with Gasteiger partial charge in [0.25, 0.3) is 5.91 Å². The van der Waals surface area contributed by atoms with Gasteiger partial charge in [-0.25, -0.2) is 5.43 Å². The van der Waals surface area contributed by atoms with Gasteiger partial charge in [-0.1, -0.05) is 60.7 Å². The smallest absolute Gasteiger partial charge is 0.275 e. The summed E-state index contributed by atoms with van der Waals surface area (Å²) in [4.78, 5) is 12.4. The predicted octanol–water partition coefficient (Wildman–Crippen LogP) is 3.58. The number of rotatable bonds is 5. The number of carbonyl (C=O) groups excluding carboxylic acids is 1. The van der Waals surface area contributed by atoms with E-state index in [0.29, 0.717) is 11.5 Å². The first-order valence-corrected chi connectivity index (χ1v) is 8.05. The fourth-order valence-electron chi connectivity index (χ4n) is 2.49. The van der Waals surface area contributed by atoms with E-state index in [1.165, 1.54) is 19.2 Å². The number of hydrogen-bond acceptors (Lipinski definition) is 4. The molecule has 2 N–H and O–H groups in total. The molecule has 0 radical (unpaired) electrons. The average molecular weight is 346 g/mol. The zero-order chi connectivity index (χ0) is 18.4. The van der Waals surface area contributed by atoms with Crippen LogP contribution in [-0.2, 0) is 0 Å². The van der Waals surface area contributed by atoms with Crippen LogP contribution in [0, 0.1) is 0 Å². The van der Waals surface area contributed by atoms with Gasteiger partial charge in [-0.05, 0) is 12.1 Å². The number of nitrogens with zero attached hydrogens (tertiary/aromatic N) is 1. The lowest BCUT2D eigenvalue weighted by atomic mass is 10.0. The van der Waals surface area contributed by atoms with E-state index in [1.54, 1.807) is 6.07 Å². The molecule has 0 atom stereocenters. The van der Waals surface area contributed by atoms with Crippen LogP contribution >= 0.6 is 0 Å². The molecule has 26 heavy (non-hydrogen) atoms. The molecule has 0 saturated carbocycles. The molecule has 1 amide bonds. The minimum Gasteiger partial charge on any atom is -0.507 e. The number of ether oxygens (including phenoxy) is 1. The SMILES string of the molecule is COc1ccc(C(=O)NN=C(c2ccccc2)c2ccccc2)c(O)c1. The number of hydrogen-bond donors (Lipinski definition) is 2. The number of benzene rings is 3. The van der Waals surface area contributed by atoms with Crippen LogP contribution in [0.3, 0.4) is 0 Å². The van der Waals surface area contributed by atoms with Crippen molar-refractivity contribution >= 4 is 11.6 Å². The second kappa shape index (κ2) is 7.98. The van der Waals surface area contributed by atoms with Crippen LogP contribution in [0.25, 0.3) is 0 Å². The van der Waals surface area contributed by atoms with Crippen molar-refractivity contribution in [3.8, 4) is 11.5 Å². The Balaban J connectivity index is 1.91. The van der Waals surface area contributed by atoms with Gasteiger partial charge in [0.2, 0.25) is 0 Å². The first-order chi connectivity index (χ1) is 12.7. The molecule has 5 nitrogen and oxygen atoms in total. The Morgan fingerprint density at radius 3 is 2.00 bits per heavy atom. The van der Waals surface area contributed by atoms with Gasteiger partial charge >= 0.3 is 0 Å². The van der Waals surface area contributed by atoms with Gasteiger partial charge in [-0.2, -0.15) is 5.10 Å². The van der Waals surface area contributed by atoms with Crippen LogP contribution in [0.4, 0.5) is 0 Å². The second-order valence-electron chi connectivity index (χ2n) is 5.52. The zero-order valence-electron chi connectivity index (χ0n) is 14.2. The van der Waals surface area contributed by atoms with E-state index in [0.717, 1.165) is 11.1 Å². The van der Waals surface area contributed by atoms with E-state index in [-0.39, 0.29) is 11.3 Å². The van der Waals surface area contributed by atoms with Crippen molar-refractivity contribution in [1.82, 2.24) is 5.43 Å². The summed E-state index contributed by atoms with van der Waals surface area (Å²) in [5.74, 6) is -0.204. The highest BCUT2D eigenvalue weighted by atomic mass is 16.5. The van der Waals surface area contributed by atoms with Gasteiger partial charge in [-0.3, -0.25) is 4.79 Å². The van der Waals surface area contributed by atoms with Gasteiger partial charge in [0.15, 0.2) is 0 Å². The highest BCUT2D eigenvalue weighted by molar-refractivity contribution is 6.13. The molecule has 3 aromatic carbocycles. The number of phenols is 1. The van der Waals surface area contributed by atoms with Gasteiger partial charge in [0, 0.05) is 17.2 Å². The van der Waals surface area contributed by atoms with Gasteiger partial charge < -0.3 is 9.84 Å². The molecule has 130 valence electrons. The van der Waals surface area contributed by atoms with Crippen LogP contribution in [0.1, 0.15) is 21.5 Å². The number of methoxy groups -OCH3 is 1. The highest BCUT2D eigenvalue weighted by Crippen LogP contribution is 2.23. The summed E-state index contributed by atoms with van der Waals surface area (Å²) in [5.41, 5.74) is 5.02. The van der Waals surface area contributed by atoms with E-state index in [2.05, 4.69) is 10.5 Å². The highest BCUT2D eigenvalue weighted by Gasteiger charge is 2.13. The molecular weight excluding hydrogens is 328 g/mol. The first-order valence-electron chi connectivity index (χ1n) is 8.05. The molecule has 3 rings (SSSR count). The molecule has 0 aliphatic carbocycles. The fraction of sp³-hybridized carbons (Fsp3) is 0.0476. The molecular formula is C21H18N2O3. The number of hydrazone groups is 1. The number of amides is 1. The summed E-state index contributed by atoms with van der Waals surface area (Å²) in [6.07, 6.45) is 0. The summed E-state index contributed by atoms with van der Waals surface area (Å²) in [6, 6.07) is 23.6. The molecule has 0 saturated heterocycles. The summed E-state index contributed by atoms with van der Waals surface area (Å²) < 4.78 is 5.02. The number of carbonyl (C=O) groups is 1. The van der Waals surface area contributed by atoms with Gasteiger partial charge in [-0.15, -0.1) is 0 Å². The normalized spacial score (nSPS) is 10.0. The Morgan fingerprint density at radius 1 is 0.923 bits per heavy atom. The molecule has 0 aromatic heterocycles. The number of aromatic hydroxyl groups is 1. The van der Waals surface area contributed by atoms with Crippen LogP contribution in [-0.4, -0.2) is 23.8 Å². The Hall–Kier alpha value is -3.60. The van der Waals surface area contributed by atoms with Crippen LogP contribution in [0.5, 0.6) is 11.5 Å². The predicted molar refractivity (Wildman–Crippen MR) is 101 cm³/mol. The molecule has 0 spiro atoms. The first kappa shape index (κ1) is 17.2. The minimum atomic E-state index is -0.505. The minimum absolute atomic E-state index is 0.120. The average Bonchev–Trinajstić information content (AvgIpc) is 2.69. The number of nitrogens with one attached hydrogen (secondary N) is 1. The van der Waals surface area contributed by atoms with Gasteiger partial charge in [0.1, 0.15) is 11.5 Å². The van der Waals surface area contributed by atoms with E-state index in [1.807, 2.05) is 60.7 Å². The molecule has 0 aliphatic rings. The number of phenolic OH excluding ortho intramolecular Hbond substituents is 1. The monoisotopic (exact) mass is 346 g/mol. The van der Waals surface area contributed by atoms with Crippen molar-refractivity contribution in [3.05, 3.63) is 95.6 Å². The maximum Gasteiger partial charge on any atom is 0.275 e. The molecule has 0 unspecified atom stereocenters. The Labute approximate surface area is 151 Å². The van der Waals surface area contributed by atoms with Crippen molar-refractivity contribution in [2.24, 2.45) is 5.10 Å². The van der Waals surface area contributed by atoms with E-state index >= 15 is 0 Å². The maximum atomic E-state index is 12.4. The van der Waals surface area contributed by atoms with Crippen LogP contribution < -0.4 is 10.2 Å². The summed E-state index contributed by atoms with van der Waals surface area (Å²) in [7, 11) is 1.49. The fourth-order valence-corrected chi connectivity index (χ4v) is 2.49. The maximum absolute atomic E-state index is 12.4. The largest absolute Gasteiger partial charge is 0.507 e. The third-order valence-electron chi connectivity index (χ3n) is 3.81. The Bertz CT molecular complexity index is 881. The lowest BCUT2D eigenvalue weighted by Gasteiger charge is -2.09. The second-order valence-corrected chi connectivity index (χ2v) is 5.52. The van der Waals surface area contributed by atoms with Crippen molar-refractivity contribution in [2.45, 2.75) is 0 Å². The lowest BCUT2D eigenvalue weighted by Crippen LogP contribution is -2.20. The van der Waals surface area contributed by atoms with Gasteiger partial charge in [0.05, 0.1) is 18.4 Å². The molecule has 3 aromatic rings. The molecule has 0 fully saturated rings. The van der Waals surface area contributed by atoms with E-state index in [9.17, 15) is 9.90 Å². The van der Waals surface area contributed by atoms with Crippen molar-refractivity contribution < 1.29 is 14.6 Å². The third kappa shape index (κ3) is 3.89. The Kier molecular flexibility index (Phi) is 5.29. The van der Waals surface area contributed by atoms with Crippen LogP contribution in [0.15, 0.2) is 84.0 Å².